The molecular weight excluding hydrogens is 252 g/mol. The maximum Gasteiger partial charge on any atom is 0.226 e. The fourth-order valence-electron chi connectivity index (χ4n) is 3.27. The molecule has 1 amide bonds. The van der Waals surface area contributed by atoms with E-state index in [-0.39, 0.29) is 17.4 Å². The van der Waals surface area contributed by atoms with Crippen molar-refractivity contribution in [1.29, 1.82) is 0 Å². The molecule has 0 bridgehead atoms. The lowest BCUT2D eigenvalue weighted by molar-refractivity contribution is -0.133. The van der Waals surface area contributed by atoms with Crippen LogP contribution in [0.1, 0.15) is 36.9 Å². The van der Waals surface area contributed by atoms with Gasteiger partial charge < -0.3 is 15.7 Å². The molecule has 1 aromatic carbocycles. The van der Waals surface area contributed by atoms with Gasteiger partial charge in [-0.25, -0.2) is 0 Å². The Bertz CT molecular complexity index is 509. The van der Waals surface area contributed by atoms with Crippen molar-refractivity contribution in [2.45, 2.75) is 38.3 Å². The van der Waals surface area contributed by atoms with E-state index >= 15 is 0 Å². The normalized spacial score (nSPS) is 27.9. The molecule has 1 heterocycles. The van der Waals surface area contributed by atoms with E-state index in [2.05, 4.69) is 10.6 Å². The summed E-state index contributed by atoms with van der Waals surface area (Å²) in [4.78, 5) is 12.6. The molecule has 3 rings (SSSR count). The molecule has 20 heavy (non-hydrogen) atoms. The first-order valence-corrected chi connectivity index (χ1v) is 7.38. The summed E-state index contributed by atoms with van der Waals surface area (Å²) < 4.78 is 0. The van der Waals surface area contributed by atoms with Gasteiger partial charge in [0.1, 0.15) is 0 Å². The molecule has 4 nitrogen and oxygen atoms in total. The van der Waals surface area contributed by atoms with E-state index in [0.29, 0.717) is 6.42 Å². The summed E-state index contributed by atoms with van der Waals surface area (Å²) in [5.74, 6) is 0.0692. The van der Waals surface area contributed by atoms with Gasteiger partial charge in [-0.3, -0.25) is 4.79 Å². The van der Waals surface area contributed by atoms with Crippen LogP contribution >= 0.6 is 0 Å². The van der Waals surface area contributed by atoms with Gasteiger partial charge in [0, 0.05) is 11.8 Å². The Kier molecular flexibility index (Phi) is 3.52. The van der Waals surface area contributed by atoms with E-state index < -0.39 is 6.10 Å². The van der Waals surface area contributed by atoms with Crippen LogP contribution in [-0.4, -0.2) is 30.2 Å². The second-order valence-electron chi connectivity index (χ2n) is 6.23. The molecule has 1 saturated heterocycles. The van der Waals surface area contributed by atoms with Crippen LogP contribution in [0.2, 0.25) is 0 Å². The highest BCUT2D eigenvalue weighted by molar-refractivity contribution is 5.83. The molecule has 108 valence electrons. The lowest BCUT2D eigenvalue weighted by Gasteiger charge is -2.34. The smallest absolute Gasteiger partial charge is 0.226 e. The molecule has 0 unspecified atom stereocenters. The van der Waals surface area contributed by atoms with Gasteiger partial charge in [0.15, 0.2) is 0 Å². The SMILES string of the molecule is CC1(C(=O)N[C@H]2c3ccccc3C[C@H]2O)CCNCC1. The number of aliphatic hydroxyl groups excluding tert-OH is 1. The topological polar surface area (TPSA) is 61.4 Å². The number of carbonyl (C=O) groups is 1. The quantitative estimate of drug-likeness (QED) is 0.758. The Morgan fingerprint density at radius 2 is 2.05 bits per heavy atom. The molecule has 1 aliphatic carbocycles. The van der Waals surface area contributed by atoms with E-state index in [4.69, 9.17) is 0 Å². The van der Waals surface area contributed by atoms with Crippen molar-refractivity contribution in [2.24, 2.45) is 5.41 Å². The van der Waals surface area contributed by atoms with E-state index in [0.717, 1.165) is 37.1 Å². The molecule has 1 aromatic rings. The number of piperidine rings is 1. The number of carbonyl (C=O) groups excluding carboxylic acids is 1. The van der Waals surface area contributed by atoms with Gasteiger partial charge in [-0.1, -0.05) is 31.2 Å². The second-order valence-corrected chi connectivity index (χ2v) is 6.23. The fourth-order valence-corrected chi connectivity index (χ4v) is 3.27. The van der Waals surface area contributed by atoms with Gasteiger partial charge >= 0.3 is 0 Å². The van der Waals surface area contributed by atoms with Gasteiger partial charge in [-0.15, -0.1) is 0 Å². The van der Waals surface area contributed by atoms with E-state index in [9.17, 15) is 9.90 Å². The van der Waals surface area contributed by atoms with Crippen LogP contribution in [0.15, 0.2) is 24.3 Å². The van der Waals surface area contributed by atoms with Crippen molar-refractivity contribution in [2.75, 3.05) is 13.1 Å². The van der Waals surface area contributed by atoms with Crippen molar-refractivity contribution in [3.05, 3.63) is 35.4 Å². The Balaban J connectivity index is 1.76. The van der Waals surface area contributed by atoms with Crippen LogP contribution in [0.25, 0.3) is 0 Å². The third-order valence-electron chi connectivity index (χ3n) is 4.75. The molecule has 0 radical (unpaired) electrons. The molecule has 0 aromatic heterocycles. The Hall–Kier alpha value is -1.39. The predicted octanol–water partition coefficient (Wildman–Crippen LogP) is 1.15. The Labute approximate surface area is 119 Å². The minimum Gasteiger partial charge on any atom is -0.390 e. The summed E-state index contributed by atoms with van der Waals surface area (Å²) >= 11 is 0. The van der Waals surface area contributed by atoms with Gasteiger partial charge in [0.2, 0.25) is 5.91 Å². The lowest BCUT2D eigenvalue weighted by Crippen LogP contribution is -2.48. The lowest BCUT2D eigenvalue weighted by atomic mass is 9.80. The standard InChI is InChI=1S/C16H22N2O2/c1-16(6-8-17-9-7-16)15(20)18-14-12-5-3-2-4-11(12)10-13(14)19/h2-5,13-14,17,19H,6-10H2,1H3,(H,18,20)/t13-,14+/m1/s1. The average Bonchev–Trinajstić information content (AvgIpc) is 2.76. The summed E-state index contributed by atoms with van der Waals surface area (Å²) in [5, 5.41) is 16.6. The first kappa shape index (κ1) is 13.6. The number of nitrogens with one attached hydrogen (secondary N) is 2. The highest BCUT2D eigenvalue weighted by Crippen LogP contribution is 2.34. The van der Waals surface area contributed by atoms with Crippen molar-refractivity contribution >= 4 is 5.91 Å². The first-order chi connectivity index (χ1) is 9.60. The molecule has 3 N–H and O–H groups in total. The van der Waals surface area contributed by atoms with Crippen LogP contribution in [0, 0.1) is 5.41 Å². The summed E-state index contributed by atoms with van der Waals surface area (Å²) in [6.45, 7) is 3.79. The minimum absolute atomic E-state index is 0.0692. The summed E-state index contributed by atoms with van der Waals surface area (Å²) in [6, 6.07) is 7.70. The Morgan fingerprint density at radius 3 is 2.80 bits per heavy atom. The molecule has 0 spiro atoms. The number of amides is 1. The highest BCUT2D eigenvalue weighted by Gasteiger charge is 2.39. The van der Waals surface area contributed by atoms with Gasteiger partial charge in [-0.05, 0) is 37.1 Å². The van der Waals surface area contributed by atoms with E-state index in [1.807, 2.05) is 31.2 Å². The molecule has 0 saturated carbocycles. The average molecular weight is 274 g/mol. The second kappa shape index (κ2) is 5.19. The van der Waals surface area contributed by atoms with Gasteiger partial charge in [0.05, 0.1) is 12.1 Å². The Morgan fingerprint density at radius 1 is 1.35 bits per heavy atom. The van der Waals surface area contributed by atoms with E-state index in [1.54, 1.807) is 0 Å². The monoisotopic (exact) mass is 274 g/mol. The first-order valence-electron chi connectivity index (χ1n) is 7.38. The maximum atomic E-state index is 12.6. The number of hydrogen-bond acceptors (Lipinski definition) is 3. The number of fused-ring (bicyclic) bond motifs is 1. The van der Waals surface area contributed by atoms with Crippen LogP contribution in [0.5, 0.6) is 0 Å². The summed E-state index contributed by atoms with van der Waals surface area (Å²) in [6.07, 6.45) is 1.81. The van der Waals surface area contributed by atoms with Crippen LogP contribution in [0.4, 0.5) is 0 Å². The number of aliphatic hydroxyl groups is 1. The zero-order chi connectivity index (χ0) is 14.2. The number of benzene rings is 1. The molecule has 1 fully saturated rings. The number of rotatable bonds is 2. The molecular formula is C16H22N2O2. The van der Waals surface area contributed by atoms with Gasteiger partial charge in [-0.2, -0.15) is 0 Å². The third-order valence-corrected chi connectivity index (χ3v) is 4.75. The molecule has 1 aliphatic heterocycles. The highest BCUT2D eigenvalue weighted by atomic mass is 16.3. The van der Waals surface area contributed by atoms with Crippen molar-refractivity contribution in [1.82, 2.24) is 10.6 Å². The number of hydrogen-bond donors (Lipinski definition) is 3. The van der Waals surface area contributed by atoms with Crippen molar-refractivity contribution in [3.8, 4) is 0 Å². The zero-order valence-corrected chi connectivity index (χ0v) is 11.9. The van der Waals surface area contributed by atoms with Crippen LogP contribution < -0.4 is 10.6 Å². The van der Waals surface area contributed by atoms with Crippen LogP contribution in [-0.2, 0) is 11.2 Å². The third kappa shape index (κ3) is 2.34. The van der Waals surface area contributed by atoms with E-state index in [1.165, 1.54) is 0 Å². The van der Waals surface area contributed by atoms with Crippen LogP contribution in [0.3, 0.4) is 0 Å². The maximum absolute atomic E-state index is 12.6. The van der Waals surface area contributed by atoms with Crippen molar-refractivity contribution in [3.63, 3.8) is 0 Å². The fraction of sp³-hybridized carbons (Fsp3) is 0.562. The van der Waals surface area contributed by atoms with Crippen molar-refractivity contribution < 1.29 is 9.90 Å². The minimum atomic E-state index is -0.512. The van der Waals surface area contributed by atoms with Gasteiger partial charge in [0.25, 0.3) is 0 Å². The zero-order valence-electron chi connectivity index (χ0n) is 11.9. The summed E-state index contributed by atoms with van der Waals surface area (Å²) in [5.41, 5.74) is 1.88. The molecule has 2 atom stereocenters. The summed E-state index contributed by atoms with van der Waals surface area (Å²) in [7, 11) is 0. The molecule has 2 aliphatic rings. The largest absolute Gasteiger partial charge is 0.390 e. The predicted molar refractivity (Wildman–Crippen MR) is 77.2 cm³/mol. The molecule has 4 heteroatoms.